The Hall–Kier alpha value is -1.89. The minimum atomic E-state index is -0.736. The monoisotopic (exact) mass is 391 g/mol. The highest BCUT2D eigenvalue weighted by atomic mass is 79.9. The van der Waals surface area contributed by atoms with Crippen molar-refractivity contribution in [2.24, 2.45) is 0 Å². The second-order valence-corrected chi connectivity index (χ2v) is 6.67. The minimum absolute atomic E-state index is 0.133. The fraction of sp³-hybridized carbons (Fsp3) is 0.278. The Labute approximate surface area is 148 Å². The molecule has 126 valence electrons. The van der Waals surface area contributed by atoms with Crippen molar-refractivity contribution >= 4 is 22.0 Å². The van der Waals surface area contributed by atoms with E-state index in [9.17, 15) is 9.90 Å². The number of aliphatic hydroxyl groups is 1. The fourth-order valence-electron chi connectivity index (χ4n) is 2.56. The molecule has 0 unspecified atom stereocenters. The number of carbonyl (C=O) groups is 1. The van der Waals surface area contributed by atoms with Crippen LogP contribution in [0, 0.1) is 0 Å². The van der Waals surface area contributed by atoms with E-state index in [2.05, 4.69) is 15.9 Å². The largest absolute Gasteiger partial charge is 0.445 e. The second-order valence-electron chi connectivity index (χ2n) is 5.50. The molecule has 2 aromatic rings. The molecule has 1 saturated heterocycles. The number of hydroxylamine groups is 2. The predicted octanol–water partition coefficient (Wildman–Crippen LogP) is 3.61. The molecule has 0 bridgehead atoms. The van der Waals surface area contributed by atoms with Gasteiger partial charge in [-0.1, -0.05) is 76.6 Å². The molecule has 1 aliphatic heterocycles. The summed E-state index contributed by atoms with van der Waals surface area (Å²) in [6.45, 7) is 0.380. The van der Waals surface area contributed by atoms with Gasteiger partial charge >= 0.3 is 6.09 Å². The van der Waals surface area contributed by atoms with E-state index in [1.807, 2.05) is 60.7 Å². The van der Waals surface area contributed by atoms with Gasteiger partial charge in [-0.3, -0.25) is 4.84 Å². The third-order valence-electron chi connectivity index (χ3n) is 3.87. The van der Waals surface area contributed by atoms with Crippen molar-refractivity contribution in [2.45, 2.75) is 17.0 Å². The molecule has 6 heteroatoms. The van der Waals surface area contributed by atoms with E-state index >= 15 is 0 Å². The van der Waals surface area contributed by atoms with Gasteiger partial charge in [-0.15, -0.1) is 0 Å². The maximum absolute atomic E-state index is 11.9. The lowest BCUT2D eigenvalue weighted by Gasteiger charge is -2.24. The zero-order valence-corrected chi connectivity index (χ0v) is 14.5. The van der Waals surface area contributed by atoms with Crippen LogP contribution in [0.1, 0.15) is 23.3 Å². The number of rotatable bonds is 6. The van der Waals surface area contributed by atoms with Crippen LogP contribution in [0.4, 0.5) is 4.79 Å². The fourth-order valence-corrected chi connectivity index (χ4v) is 2.98. The number of nitrogens with zero attached hydrogens (tertiary/aromatic N) is 1. The van der Waals surface area contributed by atoms with Crippen LogP contribution in [0.3, 0.4) is 0 Å². The van der Waals surface area contributed by atoms with Crippen molar-refractivity contribution in [3.8, 4) is 0 Å². The SMILES string of the molecule is O=C1OC[C@H](c2ccccc2)N1OC[C@H](Br)[C@H](O)c1ccccc1. The molecule has 3 rings (SSSR count). The summed E-state index contributed by atoms with van der Waals surface area (Å²) in [5, 5.41) is 11.6. The zero-order chi connectivity index (χ0) is 16.9. The lowest BCUT2D eigenvalue weighted by atomic mass is 10.1. The third kappa shape index (κ3) is 3.77. The Morgan fingerprint density at radius 1 is 1.17 bits per heavy atom. The number of cyclic esters (lactones) is 1. The van der Waals surface area contributed by atoms with E-state index < -0.39 is 12.2 Å². The number of hydrogen-bond acceptors (Lipinski definition) is 4. The first kappa shape index (κ1) is 17.0. The van der Waals surface area contributed by atoms with Crippen LogP contribution in [-0.2, 0) is 9.57 Å². The molecule has 1 amide bonds. The van der Waals surface area contributed by atoms with Crippen LogP contribution < -0.4 is 0 Å². The number of hydrogen-bond donors (Lipinski definition) is 1. The van der Waals surface area contributed by atoms with Gasteiger partial charge < -0.3 is 9.84 Å². The summed E-state index contributed by atoms with van der Waals surface area (Å²) >= 11 is 3.43. The van der Waals surface area contributed by atoms with Gasteiger partial charge in [-0.25, -0.2) is 4.79 Å². The lowest BCUT2D eigenvalue weighted by Crippen LogP contribution is -2.31. The molecule has 0 radical (unpaired) electrons. The van der Waals surface area contributed by atoms with E-state index in [4.69, 9.17) is 9.57 Å². The molecule has 3 atom stereocenters. The Kier molecular flexibility index (Phi) is 5.50. The van der Waals surface area contributed by atoms with Crippen LogP contribution >= 0.6 is 15.9 Å². The van der Waals surface area contributed by atoms with E-state index in [-0.39, 0.29) is 24.1 Å². The Morgan fingerprint density at radius 2 is 1.79 bits per heavy atom. The number of amides is 1. The first-order valence-electron chi connectivity index (χ1n) is 7.67. The van der Waals surface area contributed by atoms with Crippen LogP contribution in [0.15, 0.2) is 60.7 Å². The van der Waals surface area contributed by atoms with Gasteiger partial charge in [0.25, 0.3) is 0 Å². The molecule has 1 heterocycles. The van der Waals surface area contributed by atoms with Gasteiger partial charge in [0.2, 0.25) is 0 Å². The Morgan fingerprint density at radius 3 is 2.46 bits per heavy atom. The number of carbonyl (C=O) groups excluding carboxylic acids is 1. The average Bonchev–Trinajstić information content (AvgIpc) is 3.01. The summed E-state index contributed by atoms with van der Waals surface area (Å²) < 4.78 is 5.09. The number of aliphatic hydroxyl groups excluding tert-OH is 1. The normalized spacial score (nSPS) is 19.8. The molecule has 0 aliphatic carbocycles. The van der Waals surface area contributed by atoms with Crippen LogP contribution in [0.5, 0.6) is 0 Å². The van der Waals surface area contributed by atoms with Gasteiger partial charge in [0.05, 0.1) is 17.5 Å². The lowest BCUT2D eigenvalue weighted by molar-refractivity contribution is -0.136. The molecule has 1 N–H and O–H groups in total. The van der Waals surface area contributed by atoms with Gasteiger partial charge in [-0.05, 0) is 11.1 Å². The van der Waals surface area contributed by atoms with Gasteiger partial charge in [0.1, 0.15) is 12.6 Å². The van der Waals surface area contributed by atoms with Crippen molar-refractivity contribution in [3.63, 3.8) is 0 Å². The Balaban J connectivity index is 1.63. The Bertz CT molecular complexity index is 667. The second kappa shape index (κ2) is 7.79. The van der Waals surface area contributed by atoms with Crippen LogP contribution in [-0.4, -0.2) is 34.3 Å². The van der Waals surface area contributed by atoms with Crippen LogP contribution in [0.25, 0.3) is 0 Å². The molecule has 1 aliphatic rings. The predicted molar refractivity (Wildman–Crippen MR) is 92.4 cm³/mol. The van der Waals surface area contributed by atoms with Gasteiger partial charge in [0, 0.05) is 0 Å². The van der Waals surface area contributed by atoms with E-state index in [0.29, 0.717) is 0 Å². The molecule has 0 aromatic heterocycles. The van der Waals surface area contributed by atoms with Crippen molar-refractivity contribution in [1.29, 1.82) is 0 Å². The maximum Gasteiger partial charge on any atom is 0.434 e. The molecule has 1 fully saturated rings. The maximum atomic E-state index is 11.9. The smallest absolute Gasteiger partial charge is 0.434 e. The quantitative estimate of drug-likeness (QED) is 0.764. The molecule has 2 aromatic carbocycles. The highest BCUT2D eigenvalue weighted by molar-refractivity contribution is 9.09. The number of halogens is 1. The number of ether oxygens (including phenoxy) is 1. The summed E-state index contributed by atoms with van der Waals surface area (Å²) in [7, 11) is 0. The highest BCUT2D eigenvalue weighted by Crippen LogP contribution is 2.29. The first-order valence-corrected chi connectivity index (χ1v) is 8.59. The third-order valence-corrected chi connectivity index (χ3v) is 4.63. The molecule has 0 saturated carbocycles. The van der Waals surface area contributed by atoms with Crippen LogP contribution in [0.2, 0.25) is 0 Å². The van der Waals surface area contributed by atoms with E-state index in [0.717, 1.165) is 11.1 Å². The summed E-state index contributed by atoms with van der Waals surface area (Å²) in [6, 6.07) is 18.6. The standard InChI is InChI=1S/C18H18BrNO4/c19-15(17(21)14-9-5-2-6-10-14)11-24-20-16(12-23-18(20)22)13-7-3-1-4-8-13/h1-10,15-17,21H,11-12H2/t15-,16+,17+/m0/s1. The molecular weight excluding hydrogens is 374 g/mol. The summed E-state index contributed by atoms with van der Waals surface area (Å²) in [6.07, 6.45) is -1.25. The minimum Gasteiger partial charge on any atom is -0.445 e. The number of benzene rings is 2. The average molecular weight is 392 g/mol. The van der Waals surface area contributed by atoms with E-state index in [1.54, 1.807) is 0 Å². The highest BCUT2D eigenvalue weighted by Gasteiger charge is 2.36. The summed E-state index contributed by atoms with van der Waals surface area (Å²) in [5.41, 5.74) is 1.73. The summed E-state index contributed by atoms with van der Waals surface area (Å²) in [4.78, 5) is 17.2. The topological polar surface area (TPSA) is 59.0 Å². The zero-order valence-electron chi connectivity index (χ0n) is 12.9. The molecule has 5 nitrogen and oxygen atoms in total. The van der Waals surface area contributed by atoms with Crippen molar-refractivity contribution in [2.75, 3.05) is 13.2 Å². The first-order chi connectivity index (χ1) is 11.7. The number of alkyl halides is 1. The van der Waals surface area contributed by atoms with Crippen molar-refractivity contribution < 1.29 is 19.5 Å². The molecule has 24 heavy (non-hydrogen) atoms. The molecule has 0 spiro atoms. The van der Waals surface area contributed by atoms with E-state index in [1.165, 1.54) is 5.06 Å². The van der Waals surface area contributed by atoms with Gasteiger partial charge in [-0.2, -0.15) is 5.06 Å². The van der Waals surface area contributed by atoms with Gasteiger partial charge in [0.15, 0.2) is 0 Å². The van der Waals surface area contributed by atoms with Crippen molar-refractivity contribution in [3.05, 3.63) is 71.8 Å². The summed E-state index contributed by atoms with van der Waals surface area (Å²) in [5.74, 6) is 0. The van der Waals surface area contributed by atoms with Crippen molar-refractivity contribution in [1.82, 2.24) is 5.06 Å². The molecular formula is C18H18BrNO4.